The van der Waals surface area contributed by atoms with E-state index in [9.17, 15) is 26.4 Å². The molecule has 1 unspecified atom stereocenters. The van der Waals surface area contributed by atoms with Crippen molar-refractivity contribution in [3.8, 4) is 5.75 Å². The number of carbonyl (C=O) groups excluding carboxylic acids is 1. The van der Waals surface area contributed by atoms with Crippen molar-refractivity contribution in [1.82, 2.24) is 0 Å². The lowest BCUT2D eigenvalue weighted by Crippen LogP contribution is -2.43. The SMILES string of the molecule is COC(=O)/C=C/c1ccc(C2c3ccc(OS(=O)(=O)C(F)(F)F)cc3C[C@@H](C)N2c2ccc(C3CC3)cc2)cc1. The standard InChI is InChI=1S/C30H28F3NO5S/c1-19-17-24-18-26(39-40(36,37)30(31,32)33)14-15-27(24)29(23-6-3-20(4-7-23)5-16-28(35)38-2)34(19)25-12-10-22(11-13-25)21-8-9-21/h3-7,10-16,18-19,21,29H,8-9,17H2,1-2H3/b16-5+/t19-,29?/m1/s1. The number of methoxy groups -OCH3 is 1. The highest BCUT2D eigenvalue weighted by Gasteiger charge is 2.48. The van der Waals surface area contributed by atoms with Gasteiger partial charge in [0, 0.05) is 17.8 Å². The molecule has 0 radical (unpaired) electrons. The fraction of sp³-hybridized carbons (Fsp3) is 0.300. The normalized spacial score (nSPS) is 19.4. The van der Waals surface area contributed by atoms with Crippen LogP contribution >= 0.6 is 0 Å². The Balaban J connectivity index is 1.54. The molecule has 0 spiro atoms. The van der Waals surface area contributed by atoms with Crippen LogP contribution in [-0.4, -0.2) is 33.0 Å². The first-order valence-electron chi connectivity index (χ1n) is 12.8. The van der Waals surface area contributed by atoms with Gasteiger partial charge in [-0.3, -0.25) is 0 Å². The van der Waals surface area contributed by atoms with Gasteiger partial charge in [-0.2, -0.15) is 21.6 Å². The van der Waals surface area contributed by atoms with Crippen LogP contribution < -0.4 is 9.08 Å². The zero-order valence-electron chi connectivity index (χ0n) is 21.9. The van der Waals surface area contributed by atoms with Crippen LogP contribution in [0.4, 0.5) is 18.9 Å². The van der Waals surface area contributed by atoms with Gasteiger partial charge in [0.1, 0.15) is 5.75 Å². The van der Waals surface area contributed by atoms with Crippen LogP contribution in [0.25, 0.3) is 6.08 Å². The Kier molecular flexibility index (Phi) is 7.39. The second-order valence-corrected chi connectivity index (χ2v) is 11.6. The highest BCUT2D eigenvalue weighted by atomic mass is 32.2. The molecule has 3 aromatic carbocycles. The minimum atomic E-state index is -5.78. The van der Waals surface area contributed by atoms with Gasteiger partial charge in [-0.25, -0.2) is 4.79 Å². The predicted octanol–water partition coefficient (Wildman–Crippen LogP) is 6.52. The molecule has 210 valence electrons. The number of hydrogen-bond acceptors (Lipinski definition) is 6. The number of carbonyl (C=O) groups is 1. The molecule has 1 aliphatic heterocycles. The maximum Gasteiger partial charge on any atom is 0.534 e. The molecule has 0 N–H and O–H groups in total. The highest BCUT2D eigenvalue weighted by molar-refractivity contribution is 7.88. The molecular weight excluding hydrogens is 543 g/mol. The van der Waals surface area contributed by atoms with Crippen LogP contribution in [0.5, 0.6) is 5.75 Å². The fourth-order valence-corrected chi connectivity index (χ4v) is 5.62. The topological polar surface area (TPSA) is 72.9 Å². The Morgan fingerprint density at radius 3 is 2.23 bits per heavy atom. The summed E-state index contributed by atoms with van der Waals surface area (Å²) in [4.78, 5) is 13.8. The smallest absolute Gasteiger partial charge is 0.466 e. The molecule has 6 nitrogen and oxygen atoms in total. The molecule has 2 atom stereocenters. The number of hydrogen-bond donors (Lipinski definition) is 0. The molecule has 1 aliphatic carbocycles. The van der Waals surface area contributed by atoms with Gasteiger partial charge in [0.15, 0.2) is 0 Å². The summed E-state index contributed by atoms with van der Waals surface area (Å²) < 4.78 is 71.1. The summed E-state index contributed by atoms with van der Waals surface area (Å²) in [5.41, 5.74) is 0.0334. The summed E-state index contributed by atoms with van der Waals surface area (Å²) in [7, 11) is -4.48. The van der Waals surface area contributed by atoms with E-state index >= 15 is 0 Å². The molecule has 0 aromatic heterocycles. The molecule has 40 heavy (non-hydrogen) atoms. The molecule has 1 saturated carbocycles. The van der Waals surface area contributed by atoms with Crippen molar-refractivity contribution in [1.29, 1.82) is 0 Å². The van der Waals surface area contributed by atoms with E-state index in [2.05, 4.69) is 38.1 Å². The molecule has 3 aromatic rings. The molecule has 0 amide bonds. The number of anilines is 1. The third-order valence-electron chi connectivity index (χ3n) is 7.27. The van der Waals surface area contributed by atoms with Gasteiger partial charge in [-0.1, -0.05) is 42.5 Å². The van der Waals surface area contributed by atoms with Crippen LogP contribution in [0.3, 0.4) is 0 Å². The van der Waals surface area contributed by atoms with Crippen LogP contribution in [0, 0.1) is 0 Å². The molecule has 0 bridgehead atoms. The number of alkyl halides is 3. The van der Waals surface area contributed by atoms with Crippen LogP contribution in [0.1, 0.15) is 59.5 Å². The summed E-state index contributed by atoms with van der Waals surface area (Å²) in [5.74, 6) is -0.237. The molecule has 1 heterocycles. The largest absolute Gasteiger partial charge is 0.534 e. The van der Waals surface area contributed by atoms with Crippen molar-refractivity contribution in [3.05, 3.63) is 101 Å². The van der Waals surface area contributed by atoms with Gasteiger partial charge < -0.3 is 13.8 Å². The minimum Gasteiger partial charge on any atom is -0.466 e. The molecule has 1 fully saturated rings. The van der Waals surface area contributed by atoms with E-state index < -0.39 is 21.6 Å². The Hall–Kier alpha value is -3.79. The van der Waals surface area contributed by atoms with E-state index in [1.807, 2.05) is 31.2 Å². The van der Waals surface area contributed by atoms with Gasteiger partial charge >= 0.3 is 21.6 Å². The van der Waals surface area contributed by atoms with E-state index in [-0.39, 0.29) is 17.8 Å². The van der Waals surface area contributed by atoms with E-state index in [0.717, 1.165) is 22.4 Å². The second-order valence-electron chi connectivity index (χ2n) is 10.1. The number of fused-ring (bicyclic) bond motifs is 1. The van der Waals surface area contributed by atoms with E-state index in [1.54, 1.807) is 12.1 Å². The Bertz CT molecular complexity index is 1530. The van der Waals surface area contributed by atoms with Crippen molar-refractivity contribution in [2.75, 3.05) is 12.0 Å². The van der Waals surface area contributed by atoms with Crippen molar-refractivity contribution < 1.29 is 35.3 Å². The predicted molar refractivity (Wildman–Crippen MR) is 145 cm³/mol. The number of esters is 1. The molecule has 0 saturated heterocycles. The molecule has 10 heteroatoms. The first-order chi connectivity index (χ1) is 19.0. The number of benzene rings is 3. The van der Waals surface area contributed by atoms with Gasteiger partial charge in [0.05, 0.1) is 13.2 Å². The third-order valence-corrected chi connectivity index (χ3v) is 8.25. The lowest BCUT2D eigenvalue weighted by atomic mass is 9.84. The van der Waals surface area contributed by atoms with Crippen LogP contribution in [0.15, 0.2) is 72.8 Å². The summed E-state index contributed by atoms with van der Waals surface area (Å²) in [6.07, 6.45) is 5.84. The lowest BCUT2D eigenvalue weighted by Gasteiger charge is -2.44. The lowest BCUT2D eigenvalue weighted by molar-refractivity contribution is -0.134. The zero-order valence-corrected chi connectivity index (χ0v) is 22.7. The van der Waals surface area contributed by atoms with E-state index in [4.69, 9.17) is 0 Å². The first-order valence-corrected chi connectivity index (χ1v) is 14.3. The van der Waals surface area contributed by atoms with Crippen LogP contribution in [0.2, 0.25) is 0 Å². The molecular formula is C30H28F3NO5S. The van der Waals surface area contributed by atoms with E-state index in [1.165, 1.54) is 43.7 Å². The van der Waals surface area contributed by atoms with Gasteiger partial charge in [-0.05, 0) is 90.3 Å². The Labute approximate surface area is 231 Å². The maximum atomic E-state index is 12.9. The number of rotatable bonds is 7. The summed E-state index contributed by atoms with van der Waals surface area (Å²) in [6, 6.07) is 20.0. The third kappa shape index (κ3) is 5.72. The average Bonchev–Trinajstić information content (AvgIpc) is 3.76. The van der Waals surface area contributed by atoms with Crippen LogP contribution in [-0.2, 0) is 26.1 Å². The summed E-state index contributed by atoms with van der Waals surface area (Å²) >= 11 is 0. The van der Waals surface area contributed by atoms with Crippen molar-refractivity contribution >= 4 is 27.9 Å². The quantitative estimate of drug-likeness (QED) is 0.139. The maximum absolute atomic E-state index is 12.9. The second kappa shape index (κ2) is 10.6. The highest BCUT2D eigenvalue weighted by Crippen LogP contribution is 2.44. The van der Waals surface area contributed by atoms with Crippen molar-refractivity contribution in [2.24, 2.45) is 0 Å². The molecule has 5 rings (SSSR count). The molecule has 2 aliphatic rings. The van der Waals surface area contributed by atoms with E-state index in [0.29, 0.717) is 17.9 Å². The number of nitrogens with zero attached hydrogens (tertiary/aromatic N) is 1. The Morgan fingerprint density at radius 1 is 0.975 bits per heavy atom. The zero-order chi connectivity index (χ0) is 28.7. The fourth-order valence-electron chi connectivity index (χ4n) is 5.17. The van der Waals surface area contributed by atoms with Crippen molar-refractivity contribution in [3.63, 3.8) is 0 Å². The average molecular weight is 572 g/mol. The van der Waals surface area contributed by atoms with Crippen molar-refractivity contribution in [2.45, 2.75) is 49.7 Å². The first kappa shape index (κ1) is 27.8. The summed E-state index contributed by atoms with van der Waals surface area (Å²) in [5, 5.41) is 0. The summed E-state index contributed by atoms with van der Waals surface area (Å²) in [6.45, 7) is 2.03. The minimum absolute atomic E-state index is 0.0716. The van der Waals surface area contributed by atoms with Gasteiger partial charge in [-0.15, -0.1) is 0 Å². The number of ether oxygens (including phenoxy) is 1. The van der Waals surface area contributed by atoms with Gasteiger partial charge in [0.2, 0.25) is 0 Å². The number of halogens is 3. The van der Waals surface area contributed by atoms with Gasteiger partial charge in [0.25, 0.3) is 0 Å². The monoisotopic (exact) mass is 571 g/mol. The Morgan fingerprint density at radius 2 is 1.62 bits per heavy atom.